The topological polar surface area (TPSA) is 140 Å². The van der Waals surface area contributed by atoms with E-state index in [-0.39, 0.29) is 0 Å². The van der Waals surface area contributed by atoms with Crippen molar-refractivity contribution in [3.05, 3.63) is 10.4 Å². The number of azide groups is 1. The SMILES string of the molecule is [N-]=[N+]=NCCOCCOCCOCCOCCOCCOCCOCCOCCC=O. The molecule has 31 heavy (non-hydrogen) atoms. The van der Waals surface area contributed by atoms with Crippen molar-refractivity contribution in [1.29, 1.82) is 0 Å². The number of aldehydes is 1. The van der Waals surface area contributed by atoms with Gasteiger partial charge in [-0.2, -0.15) is 0 Å². The van der Waals surface area contributed by atoms with Gasteiger partial charge in [-0.3, -0.25) is 0 Å². The molecule has 0 aliphatic heterocycles. The summed E-state index contributed by atoms with van der Waals surface area (Å²) in [6.45, 7) is 8.05. The number of rotatable bonds is 27. The van der Waals surface area contributed by atoms with Gasteiger partial charge in [0.25, 0.3) is 0 Å². The largest absolute Gasteiger partial charge is 0.379 e. The first-order valence-electron chi connectivity index (χ1n) is 10.5. The molecule has 0 bridgehead atoms. The molecule has 12 heteroatoms. The van der Waals surface area contributed by atoms with E-state index < -0.39 is 0 Å². The number of hydrogen-bond donors (Lipinski definition) is 0. The Morgan fingerprint density at radius 1 is 0.516 bits per heavy atom. The van der Waals surface area contributed by atoms with Crippen LogP contribution in [0.4, 0.5) is 0 Å². The Hall–Kier alpha value is -1.34. The first-order chi connectivity index (χ1) is 15.4. The monoisotopic (exact) mass is 451 g/mol. The predicted octanol–water partition coefficient (Wildman–Crippen LogP) is 1.02. The molecular formula is C19H37N3O9. The minimum absolute atomic E-state index is 0.330. The Balaban J connectivity index is 3.00. The van der Waals surface area contributed by atoms with Crippen molar-refractivity contribution in [3.8, 4) is 0 Å². The third-order valence-corrected chi connectivity index (χ3v) is 3.38. The molecule has 0 aromatic carbocycles. The molecule has 0 unspecified atom stereocenters. The van der Waals surface area contributed by atoms with E-state index >= 15 is 0 Å². The molecule has 0 aliphatic carbocycles. The van der Waals surface area contributed by atoms with Gasteiger partial charge in [0.15, 0.2) is 0 Å². The molecule has 0 rings (SSSR count). The van der Waals surface area contributed by atoms with E-state index in [1.807, 2.05) is 0 Å². The van der Waals surface area contributed by atoms with Crippen LogP contribution in [0.5, 0.6) is 0 Å². The fourth-order valence-electron chi connectivity index (χ4n) is 1.92. The number of nitrogens with zero attached hydrogens (tertiary/aromatic N) is 3. The zero-order valence-corrected chi connectivity index (χ0v) is 18.3. The number of carbonyl (C=O) groups excluding carboxylic acids is 1. The van der Waals surface area contributed by atoms with E-state index in [9.17, 15) is 4.79 Å². The van der Waals surface area contributed by atoms with Crippen LogP contribution in [0.1, 0.15) is 6.42 Å². The van der Waals surface area contributed by atoms with Gasteiger partial charge in [0.05, 0.1) is 106 Å². The molecule has 0 saturated carbocycles. The first-order valence-corrected chi connectivity index (χ1v) is 10.5. The van der Waals surface area contributed by atoms with Crippen molar-refractivity contribution >= 4 is 6.29 Å². The molecule has 12 nitrogen and oxygen atoms in total. The molecule has 0 aromatic rings. The van der Waals surface area contributed by atoms with Gasteiger partial charge in [-0.15, -0.1) is 0 Å². The third-order valence-electron chi connectivity index (χ3n) is 3.38. The molecule has 0 fully saturated rings. The second-order valence-electron chi connectivity index (χ2n) is 5.81. The quantitative estimate of drug-likeness (QED) is 0.0588. The fourth-order valence-corrected chi connectivity index (χ4v) is 1.92. The van der Waals surface area contributed by atoms with Crippen molar-refractivity contribution in [2.75, 3.05) is 112 Å². The second-order valence-corrected chi connectivity index (χ2v) is 5.81. The average Bonchev–Trinajstić information content (AvgIpc) is 2.78. The zero-order chi connectivity index (χ0) is 22.5. The summed E-state index contributed by atoms with van der Waals surface area (Å²) >= 11 is 0. The lowest BCUT2D eigenvalue weighted by atomic mass is 10.5. The van der Waals surface area contributed by atoms with Crippen LogP contribution < -0.4 is 0 Å². The van der Waals surface area contributed by atoms with Crippen LogP contribution in [-0.2, 0) is 42.7 Å². The van der Waals surface area contributed by atoms with E-state index in [0.29, 0.717) is 119 Å². The molecule has 0 spiro atoms. The van der Waals surface area contributed by atoms with Crippen LogP contribution >= 0.6 is 0 Å². The molecule has 0 radical (unpaired) electrons. The summed E-state index contributed by atoms with van der Waals surface area (Å²) in [7, 11) is 0. The highest BCUT2D eigenvalue weighted by atomic mass is 16.6. The summed E-state index contributed by atoms with van der Waals surface area (Å²) in [5.41, 5.74) is 8.09. The summed E-state index contributed by atoms with van der Waals surface area (Å²) in [4.78, 5) is 12.7. The lowest BCUT2D eigenvalue weighted by molar-refractivity contribution is -0.108. The third kappa shape index (κ3) is 28.7. The van der Waals surface area contributed by atoms with Crippen molar-refractivity contribution in [3.63, 3.8) is 0 Å². The van der Waals surface area contributed by atoms with Gasteiger partial charge in [-0.25, -0.2) is 0 Å². The van der Waals surface area contributed by atoms with Gasteiger partial charge >= 0.3 is 0 Å². The highest BCUT2D eigenvalue weighted by Crippen LogP contribution is 1.86. The van der Waals surface area contributed by atoms with Crippen LogP contribution in [0.2, 0.25) is 0 Å². The maximum absolute atomic E-state index is 10.1. The Morgan fingerprint density at radius 3 is 1.10 bits per heavy atom. The summed E-state index contributed by atoms with van der Waals surface area (Å²) in [6, 6.07) is 0. The van der Waals surface area contributed by atoms with Gasteiger partial charge < -0.3 is 42.7 Å². The normalized spacial score (nSPS) is 10.8. The predicted molar refractivity (Wildman–Crippen MR) is 111 cm³/mol. The second kappa shape index (κ2) is 28.7. The van der Waals surface area contributed by atoms with Crippen molar-refractivity contribution in [1.82, 2.24) is 0 Å². The van der Waals surface area contributed by atoms with Crippen LogP contribution in [-0.4, -0.2) is 119 Å². The molecule has 0 atom stereocenters. The Kier molecular flexibility index (Phi) is 27.4. The maximum Gasteiger partial charge on any atom is 0.122 e. The number of ether oxygens (including phenoxy) is 8. The van der Waals surface area contributed by atoms with E-state index in [0.717, 1.165) is 6.29 Å². The highest BCUT2D eigenvalue weighted by Gasteiger charge is 1.95. The summed E-state index contributed by atoms with van der Waals surface area (Å²) in [5, 5.41) is 3.36. The molecule has 0 N–H and O–H groups in total. The Bertz CT molecular complexity index is 413. The summed E-state index contributed by atoms with van der Waals surface area (Å²) in [5.74, 6) is 0. The molecule has 0 amide bonds. The average molecular weight is 452 g/mol. The van der Waals surface area contributed by atoms with Gasteiger partial charge in [0, 0.05) is 17.9 Å². The van der Waals surface area contributed by atoms with E-state index in [1.165, 1.54) is 0 Å². The molecule has 0 saturated heterocycles. The minimum atomic E-state index is 0.330. The minimum Gasteiger partial charge on any atom is -0.379 e. The molecule has 0 aromatic heterocycles. The summed E-state index contributed by atoms with van der Waals surface area (Å²) < 4.78 is 42.5. The van der Waals surface area contributed by atoms with Crippen LogP contribution in [0.3, 0.4) is 0 Å². The molecule has 182 valence electrons. The summed E-state index contributed by atoms with van der Waals surface area (Å²) in [6.07, 6.45) is 1.24. The lowest BCUT2D eigenvalue weighted by Gasteiger charge is -2.08. The van der Waals surface area contributed by atoms with Crippen LogP contribution in [0.25, 0.3) is 10.4 Å². The van der Waals surface area contributed by atoms with E-state index in [1.54, 1.807) is 0 Å². The highest BCUT2D eigenvalue weighted by molar-refractivity contribution is 5.49. The number of hydrogen-bond acceptors (Lipinski definition) is 10. The van der Waals surface area contributed by atoms with Crippen molar-refractivity contribution in [2.45, 2.75) is 6.42 Å². The van der Waals surface area contributed by atoms with Crippen LogP contribution in [0, 0.1) is 0 Å². The van der Waals surface area contributed by atoms with E-state index in [4.69, 9.17) is 43.4 Å². The maximum atomic E-state index is 10.1. The van der Waals surface area contributed by atoms with E-state index in [2.05, 4.69) is 10.0 Å². The fraction of sp³-hybridized carbons (Fsp3) is 0.947. The van der Waals surface area contributed by atoms with Crippen molar-refractivity contribution in [2.24, 2.45) is 5.11 Å². The first kappa shape index (κ1) is 29.7. The van der Waals surface area contributed by atoms with Gasteiger partial charge in [-0.1, -0.05) is 5.11 Å². The van der Waals surface area contributed by atoms with Gasteiger partial charge in [0.2, 0.25) is 0 Å². The lowest BCUT2D eigenvalue weighted by Crippen LogP contribution is -2.15. The smallest absolute Gasteiger partial charge is 0.122 e. The zero-order valence-electron chi connectivity index (χ0n) is 18.3. The van der Waals surface area contributed by atoms with Gasteiger partial charge in [0.1, 0.15) is 6.29 Å². The van der Waals surface area contributed by atoms with Crippen LogP contribution in [0.15, 0.2) is 5.11 Å². The standard InChI is InChI=1S/C19H37N3O9/c20-22-21-2-5-25-7-9-27-11-13-29-15-17-31-19-18-30-16-14-28-12-10-26-8-6-24-4-1-3-23/h3H,1-2,4-19H2. The molecule has 0 heterocycles. The molecule has 0 aliphatic rings. The van der Waals surface area contributed by atoms with Crippen molar-refractivity contribution < 1.29 is 42.7 Å². The molecular weight excluding hydrogens is 414 g/mol. The Morgan fingerprint density at radius 2 is 0.806 bits per heavy atom. The Labute approximate surface area is 184 Å². The number of carbonyl (C=O) groups is 1. The van der Waals surface area contributed by atoms with Gasteiger partial charge in [-0.05, 0) is 5.53 Å².